The zero-order valence-corrected chi connectivity index (χ0v) is 13.8. The minimum absolute atomic E-state index is 0.00545. The topological polar surface area (TPSA) is 72.4 Å². The number of methoxy groups -OCH3 is 1. The van der Waals surface area contributed by atoms with Gasteiger partial charge in [-0.15, -0.1) is 0 Å². The first-order valence-corrected chi connectivity index (χ1v) is 8.43. The molecule has 0 saturated carbocycles. The number of ketones is 1. The monoisotopic (exact) mass is 341 g/mol. The molecule has 24 heavy (non-hydrogen) atoms. The molecule has 2 aliphatic heterocycles. The Kier molecular flexibility index (Phi) is 3.65. The van der Waals surface area contributed by atoms with Crippen LogP contribution in [0.2, 0.25) is 0 Å². The number of benzene rings is 1. The maximum absolute atomic E-state index is 12.2. The molecule has 6 nitrogen and oxygen atoms in total. The minimum Gasteiger partial charge on any atom is -0.469 e. The third-order valence-corrected chi connectivity index (χ3v) is 5.23. The second-order valence-corrected chi connectivity index (χ2v) is 6.54. The lowest BCUT2D eigenvalue weighted by atomic mass is 10.0. The van der Waals surface area contributed by atoms with Crippen molar-refractivity contribution in [1.82, 2.24) is 9.36 Å². The average Bonchev–Trinajstić information content (AvgIpc) is 3.20. The van der Waals surface area contributed by atoms with Gasteiger partial charge in [-0.2, -0.15) is 9.36 Å². The zero-order chi connectivity index (χ0) is 16.7. The summed E-state index contributed by atoms with van der Waals surface area (Å²) in [5, 5.41) is 0.660. The SMILES string of the molecule is COC(=O)C1CC2C(=O)C=CC1N2c1nc(-c2ccccc2)ns1. The molecule has 2 aromatic rings. The van der Waals surface area contributed by atoms with Gasteiger partial charge in [0.1, 0.15) is 0 Å². The number of hydrogen-bond donors (Lipinski definition) is 0. The van der Waals surface area contributed by atoms with E-state index in [1.165, 1.54) is 18.6 Å². The number of carbonyl (C=O) groups is 2. The van der Waals surface area contributed by atoms with Crippen LogP contribution in [-0.4, -0.2) is 40.3 Å². The molecule has 3 heterocycles. The van der Waals surface area contributed by atoms with Gasteiger partial charge in [-0.25, -0.2) is 0 Å². The summed E-state index contributed by atoms with van der Waals surface area (Å²) >= 11 is 1.25. The van der Waals surface area contributed by atoms with Crippen LogP contribution in [0.5, 0.6) is 0 Å². The van der Waals surface area contributed by atoms with Gasteiger partial charge < -0.3 is 9.64 Å². The van der Waals surface area contributed by atoms with Crippen LogP contribution in [0.1, 0.15) is 6.42 Å². The van der Waals surface area contributed by atoms with Gasteiger partial charge in [-0.3, -0.25) is 9.59 Å². The smallest absolute Gasteiger partial charge is 0.311 e. The predicted molar refractivity (Wildman–Crippen MR) is 89.7 cm³/mol. The lowest BCUT2D eigenvalue weighted by Gasteiger charge is -2.30. The van der Waals surface area contributed by atoms with E-state index < -0.39 is 0 Å². The van der Waals surface area contributed by atoms with E-state index in [9.17, 15) is 9.59 Å². The Balaban J connectivity index is 1.69. The summed E-state index contributed by atoms with van der Waals surface area (Å²) in [6, 6.07) is 9.10. The fourth-order valence-electron chi connectivity index (χ4n) is 3.35. The number of nitrogens with zero attached hydrogens (tertiary/aromatic N) is 3. The Bertz CT molecular complexity index is 817. The molecule has 2 bridgehead atoms. The maximum atomic E-state index is 12.2. The lowest BCUT2D eigenvalue weighted by molar-refractivity contribution is -0.145. The average molecular weight is 341 g/mol. The highest BCUT2D eigenvalue weighted by atomic mass is 32.1. The van der Waals surface area contributed by atoms with Gasteiger partial charge in [0.05, 0.1) is 25.1 Å². The van der Waals surface area contributed by atoms with E-state index in [2.05, 4.69) is 9.36 Å². The second-order valence-electron chi connectivity index (χ2n) is 5.81. The van der Waals surface area contributed by atoms with Crippen LogP contribution in [0.4, 0.5) is 5.13 Å². The van der Waals surface area contributed by atoms with Crippen molar-refractivity contribution in [3.05, 3.63) is 42.5 Å². The Morgan fingerprint density at radius 3 is 2.88 bits per heavy atom. The highest BCUT2D eigenvalue weighted by Crippen LogP contribution is 2.40. The quantitative estimate of drug-likeness (QED) is 0.796. The molecule has 2 aliphatic rings. The van der Waals surface area contributed by atoms with E-state index >= 15 is 0 Å². The third kappa shape index (κ3) is 2.32. The van der Waals surface area contributed by atoms with E-state index in [0.29, 0.717) is 17.4 Å². The number of esters is 1. The molecule has 0 radical (unpaired) electrons. The molecular formula is C17H15N3O3S. The van der Waals surface area contributed by atoms with Gasteiger partial charge in [0.2, 0.25) is 5.13 Å². The first kappa shape index (κ1) is 15.0. The lowest BCUT2D eigenvalue weighted by Crippen LogP contribution is -2.44. The van der Waals surface area contributed by atoms with Crippen LogP contribution in [0.3, 0.4) is 0 Å². The van der Waals surface area contributed by atoms with Crippen LogP contribution in [0.15, 0.2) is 42.5 Å². The molecule has 7 heteroatoms. The van der Waals surface area contributed by atoms with Gasteiger partial charge in [-0.1, -0.05) is 36.4 Å². The van der Waals surface area contributed by atoms with Gasteiger partial charge >= 0.3 is 5.97 Å². The Labute approximate surface area is 142 Å². The molecule has 1 aromatic carbocycles. The summed E-state index contributed by atoms with van der Waals surface area (Å²) < 4.78 is 9.30. The van der Waals surface area contributed by atoms with Crippen molar-refractivity contribution in [2.75, 3.05) is 12.0 Å². The van der Waals surface area contributed by atoms with Crippen molar-refractivity contribution in [1.29, 1.82) is 0 Å². The molecule has 3 atom stereocenters. The molecule has 0 N–H and O–H groups in total. The number of ether oxygens (including phenoxy) is 1. The number of rotatable bonds is 3. The fourth-order valence-corrected chi connectivity index (χ4v) is 4.14. The van der Waals surface area contributed by atoms with Crippen molar-refractivity contribution in [3.8, 4) is 11.4 Å². The highest BCUT2D eigenvalue weighted by molar-refractivity contribution is 7.10. The molecule has 1 saturated heterocycles. The minimum atomic E-state index is -0.374. The van der Waals surface area contributed by atoms with Crippen molar-refractivity contribution in [2.45, 2.75) is 18.5 Å². The number of fused-ring (bicyclic) bond motifs is 2. The normalized spacial score (nSPS) is 25.1. The summed E-state index contributed by atoms with van der Waals surface area (Å²) in [6.45, 7) is 0. The molecule has 122 valence electrons. The first-order chi connectivity index (χ1) is 11.7. The molecule has 3 unspecified atom stereocenters. The number of carbonyl (C=O) groups excluding carboxylic acids is 2. The van der Waals surface area contributed by atoms with Crippen molar-refractivity contribution < 1.29 is 14.3 Å². The molecule has 1 aromatic heterocycles. The standard InChI is InChI=1S/C17H15N3O3S/c1-23-16(22)11-9-13-14(21)8-7-12(11)20(13)17-18-15(19-24-17)10-5-3-2-4-6-10/h2-8,11-13H,9H2,1H3. The number of anilines is 1. The summed E-state index contributed by atoms with van der Waals surface area (Å²) in [5.41, 5.74) is 0.927. The molecule has 0 aliphatic carbocycles. The second kappa shape index (κ2) is 5.83. The number of aromatic nitrogens is 2. The molecular weight excluding hydrogens is 326 g/mol. The maximum Gasteiger partial charge on any atom is 0.311 e. The summed E-state index contributed by atoms with van der Waals surface area (Å²) in [4.78, 5) is 30.8. The van der Waals surface area contributed by atoms with Crippen LogP contribution in [0, 0.1) is 5.92 Å². The van der Waals surface area contributed by atoms with Crippen molar-refractivity contribution in [2.24, 2.45) is 5.92 Å². The molecule has 0 spiro atoms. The van der Waals surface area contributed by atoms with E-state index in [1.54, 1.807) is 12.2 Å². The summed E-state index contributed by atoms with van der Waals surface area (Å²) in [5.74, 6) is -0.0212. The van der Waals surface area contributed by atoms with Gasteiger partial charge in [0.25, 0.3) is 0 Å². The number of hydrogen-bond acceptors (Lipinski definition) is 7. The predicted octanol–water partition coefficient (Wildman–Crippen LogP) is 2.08. The zero-order valence-electron chi connectivity index (χ0n) is 13.0. The van der Waals surface area contributed by atoms with Crippen molar-refractivity contribution in [3.63, 3.8) is 0 Å². The van der Waals surface area contributed by atoms with Gasteiger partial charge in [0, 0.05) is 17.1 Å². The van der Waals surface area contributed by atoms with E-state index in [-0.39, 0.29) is 29.8 Å². The first-order valence-electron chi connectivity index (χ1n) is 7.66. The van der Waals surface area contributed by atoms with Crippen LogP contribution < -0.4 is 4.90 Å². The Hall–Kier alpha value is -2.54. The molecule has 0 amide bonds. The van der Waals surface area contributed by atoms with Crippen LogP contribution in [0.25, 0.3) is 11.4 Å². The Morgan fingerprint density at radius 2 is 2.12 bits per heavy atom. The van der Waals surface area contributed by atoms with Gasteiger partial charge in [-0.05, 0) is 12.5 Å². The molecule has 1 fully saturated rings. The Morgan fingerprint density at radius 1 is 1.33 bits per heavy atom. The summed E-state index contributed by atoms with van der Waals surface area (Å²) in [6.07, 6.45) is 3.79. The molecule has 4 rings (SSSR count). The van der Waals surface area contributed by atoms with Crippen LogP contribution in [-0.2, 0) is 14.3 Å². The van der Waals surface area contributed by atoms with E-state index in [0.717, 1.165) is 5.56 Å². The van der Waals surface area contributed by atoms with E-state index in [1.807, 2.05) is 35.2 Å². The van der Waals surface area contributed by atoms with Crippen molar-refractivity contribution >= 4 is 28.4 Å². The summed E-state index contributed by atoms with van der Waals surface area (Å²) in [7, 11) is 1.37. The van der Waals surface area contributed by atoms with Gasteiger partial charge in [0.15, 0.2) is 11.6 Å². The largest absolute Gasteiger partial charge is 0.469 e. The van der Waals surface area contributed by atoms with E-state index in [4.69, 9.17) is 4.74 Å². The fraction of sp³-hybridized carbons (Fsp3) is 0.294. The highest BCUT2D eigenvalue weighted by Gasteiger charge is 2.49. The van der Waals surface area contributed by atoms with Crippen LogP contribution >= 0.6 is 11.5 Å². The third-order valence-electron chi connectivity index (χ3n) is 4.50.